The molecule has 0 atom stereocenters. The molecule has 0 fully saturated rings. The average Bonchev–Trinajstić information content (AvgIpc) is 2.81. The second-order valence-corrected chi connectivity index (χ2v) is 5.45. The Morgan fingerprint density at radius 3 is 2.25 bits per heavy atom. The summed E-state index contributed by atoms with van der Waals surface area (Å²) in [6.45, 7) is 7.90. The normalized spacial score (nSPS) is 10.7. The van der Waals surface area contributed by atoms with Crippen molar-refractivity contribution in [2.24, 2.45) is 0 Å². The Bertz CT molecular complexity index is 794. The SMILES string of the molecule is C=Cc1c(C=C)n(-c2ccc(Br)cc2)c2ccccc12. The monoisotopic (exact) mass is 323 g/mol. The van der Waals surface area contributed by atoms with Gasteiger partial charge in [0.2, 0.25) is 0 Å². The third-order valence-electron chi connectivity index (χ3n) is 3.43. The number of halogens is 1. The van der Waals surface area contributed by atoms with Gasteiger partial charge in [-0.1, -0.05) is 53.4 Å². The van der Waals surface area contributed by atoms with Crippen LogP contribution in [0.25, 0.3) is 28.7 Å². The van der Waals surface area contributed by atoms with Crippen LogP contribution in [0.4, 0.5) is 0 Å². The van der Waals surface area contributed by atoms with Gasteiger partial charge in [0.15, 0.2) is 0 Å². The van der Waals surface area contributed by atoms with Gasteiger partial charge in [-0.15, -0.1) is 0 Å². The maximum absolute atomic E-state index is 3.96. The van der Waals surface area contributed by atoms with Crippen molar-refractivity contribution < 1.29 is 0 Å². The second kappa shape index (κ2) is 5.14. The molecule has 0 aliphatic heterocycles. The maximum atomic E-state index is 3.96. The molecule has 0 aliphatic rings. The van der Waals surface area contributed by atoms with Gasteiger partial charge < -0.3 is 4.57 Å². The van der Waals surface area contributed by atoms with Gasteiger partial charge in [-0.05, 0) is 36.4 Å². The molecular formula is C18H14BrN. The molecule has 0 unspecified atom stereocenters. The summed E-state index contributed by atoms with van der Waals surface area (Å²) in [5.41, 5.74) is 4.48. The van der Waals surface area contributed by atoms with E-state index in [1.54, 1.807) is 0 Å². The van der Waals surface area contributed by atoms with E-state index in [1.807, 2.05) is 30.4 Å². The zero-order valence-corrected chi connectivity index (χ0v) is 12.6. The molecule has 3 rings (SSSR count). The van der Waals surface area contributed by atoms with Crippen LogP contribution in [0.3, 0.4) is 0 Å². The van der Waals surface area contributed by atoms with E-state index < -0.39 is 0 Å². The molecule has 20 heavy (non-hydrogen) atoms. The molecule has 2 aromatic carbocycles. The molecule has 1 aromatic heterocycles. The van der Waals surface area contributed by atoms with E-state index in [0.717, 1.165) is 21.4 Å². The summed E-state index contributed by atoms with van der Waals surface area (Å²) in [6, 6.07) is 16.6. The lowest BCUT2D eigenvalue weighted by molar-refractivity contribution is 1.10. The Labute approximate surface area is 127 Å². The number of hydrogen-bond acceptors (Lipinski definition) is 0. The minimum atomic E-state index is 1.07. The van der Waals surface area contributed by atoms with Crippen LogP contribution in [0.1, 0.15) is 11.3 Å². The predicted octanol–water partition coefficient (Wildman–Crippen LogP) is 5.68. The third kappa shape index (κ3) is 1.93. The summed E-state index contributed by atoms with van der Waals surface area (Å²) in [6.07, 6.45) is 3.79. The summed E-state index contributed by atoms with van der Waals surface area (Å²) in [7, 11) is 0. The van der Waals surface area contributed by atoms with Gasteiger partial charge in [-0.2, -0.15) is 0 Å². The van der Waals surface area contributed by atoms with E-state index in [2.05, 4.69) is 64.0 Å². The summed E-state index contributed by atoms with van der Waals surface area (Å²) in [5, 5.41) is 1.19. The first-order chi connectivity index (χ1) is 9.76. The van der Waals surface area contributed by atoms with Crippen molar-refractivity contribution in [3.63, 3.8) is 0 Å². The van der Waals surface area contributed by atoms with Crippen molar-refractivity contribution in [1.29, 1.82) is 0 Å². The third-order valence-corrected chi connectivity index (χ3v) is 3.96. The summed E-state index contributed by atoms with van der Waals surface area (Å²) < 4.78 is 3.29. The first-order valence-corrected chi connectivity index (χ1v) is 7.20. The summed E-state index contributed by atoms with van der Waals surface area (Å²) in [4.78, 5) is 0. The van der Waals surface area contributed by atoms with E-state index >= 15 is 0 Å². The van der Waals surface area contributed by atoms with E-state index in [-0.39, 0.29) is 0 Å². The van der Waals surface area contributed by atoms with Gasteiger partial charge in [0.05, 0.1) is 11.2 Å². The molecule has 98 valence electrons. The largest absolute Gasteiger partial charge is 0.309 e. The van der Waals surface area contributed by atoms with Crippen molar-refractivity contribution in [2.45, 2.75) is 0 Å². The van der Waals surface area contributed by atoms with Gasteiger partial charge in [0.1, 0.15) is 0 Å². The van der Waals surface area contributed by atoms with Gasteiger partial charge in [-0.25, -0.2) is 0 Å². The molecular weight excluding hydrogens is 310 g/mol. The highest BCUT2D eigenvalue weighted by Crippen LogP contribution is 2.31. The fourth-order valence-electron chi connectivity index (χ4n) is 2.57. The summed E-state index contributed by atoms with van der Waals surface area (Å²) in [5.74, 6) is 0. The van der Waals surface area contributed by atoms with Crippen LogP contribution in [0.2, 0.25) is 0 Å². The molecule has 0 amide bonds. The Morgan fingerprint density at radius 1 is 0.900 bits per heavy atom. The van der Waals surface area contributed by atoms with E-state index in [1.165, 1.54) is 10.9 Å². The Hall–Kier alpha value is -2.06. The fraction of sp³-hybridized carbons (Fsp3) is 0. The number of aromatic nitrogens is 1. The highest BCUT2D eigenvalue weighted by Gasteiger charge is 2.13. The zero-order chi connectivity index (χ0) is 14.1. The van der Waals surface area contributed by atoms with Crippen molar-refractivity contribution in [2.75, 3.05) is 0 Å². The first kappa shape index (κ1) is 12.9. The van der Waals surface area contributed by atoms with Crippen LogP contribution in [0.5, 0.6) is 0 Å². The topological polar surface area (TPSA) is 4.93 Å². The lowest BCUT2D eigenvalue weighted by atomic mass is 10.1. The highest BCUT2D eigenvalue weighted by atomic mass is 79.9. The van der Waals surface area contributed by atoms with Crippen LogP contribution < -0.4 is 0 Å². The molecule has 0 saturated carbocycles. The molecule has 3 aromatic rings. The Kier molecular flexibility index (Phi) is 3.33. The van der Waals surface area contributed by atoms with Gasteiger partial charge in [-0.3, -0.25) is 0 Å². The van der Waals surface area contributed by atoms with Crippen LogP contribution in [-0.2, 0) is 0 Å². The first-order valence-electron chi connectivity index (χ1n) is 6.40. The van der Waals surface area contributed by atoms with E-state index in [4.69, 9.17) is 0 Å². The van der Waals surface area contributed by atoms with E-state index in [9.17, 15) is 0 Å². The van der Waals surface area contributed by atoms with Crippen LogP contribution in [-0.4, -0.2) is 4.57 Å². The number of hydrogen-bond donors (Lipinski definition) is 0. The molecule has 0 N–H and O–H groups in total. The molecule has 0 radical (unpaired) electrons. The quantitative estimate of drug-likeness (QED) is 0.584. The Morgan fingerprint density at radius 2 is 1.60 bits per heavy atom. The fourth-order valence-corrected chi connectivity index (χ4v) is 2.83. The Balaban J connectivity index is 2.42. The summed E-state index contributed by atoms with van der Waals surface area (Å²) >= 11 is 3.48. The number of para-hydroxylation sites is 1. The minimum absolute atomic E-state index is 1.07. The average molecular weight is 324 g/mol. The van der Waals surface area contributed by atoms with Crippen molar-refractivity contribution in [3.05, 3.63) is 77.4 Å². The van der Waals surface area contributed by atoms with Gasteiger partial charge in [0.25, 0.3) is 0 Å². The van der Waals surface area contributed by atoms with Gasteiger partial charge >= 0.3 is 0 Å². The van der Waals surface area contributed by atoms with E-state index in [0.29, 0.717) is 0 Å². The molecule has 0 aliphatic carbocycles. The molecule has 0 bridgehead atoms. The zero-order valence-electron chi connectivity index (χ0n) is 11.0. The second-order valence-electron chi connectivity index (χ2n) is 4.54. The standard InChI is InChI=1S/C18H14BrN/c1-3-15-16-7-5-6-8-18(16)20(17(15)4-2)14-11-9-13(19)10-12-14/h3-12H,1-2H2. The van der Waals surface area contributed by atoms with Crippen LogP contribution >= 0.6 is 15.9 Å². The highest BCUT2D eigenvalue weighted by molar-refractivity contribution is 9.10. The molecule has 0 spiro atoms. The van der Waals surface area contributed by atoms with Crippen molar-refractivity contribution >= 4 is 39.0 Å². The number of fused-ring (bicyclic) bond motifs is 1. The maximum Gasteiger partial charge on any atom is 0.0541 e. The molecule has 1 heterocycles. The van der Waals surface area contributed by atoms with Gasteiger partial charge in [0, 0.05) is 21.1 Å². The predicted molar refractivity (Wildman–Crippen MR) is 91.2 cm³/mol. The van der Waals surface area contributed by atoms with Crippen LogP contribution in [0.15, 0.2) is 66.2 Å². The number of benzene rings is 2. The smallest absolute Gasteiger partial charge is 0.0541 e. The lowest BCUT2D eigenvalue weighted by Crippen LogP contribution is -1.96. The number of nitrogens with zero attached hydrogens (tertiary/aromatic N) is 1. The lowest BCUT2D eigenvalue weighted by Gasteiger charge is -2.09. The molecule has 0 saturated heterocycles. The minimum Gasteiger partial charge on any atom is -0.309 e. The number of rotatable bonds is 3. The van der Waals surface area contributed by atoms with Crippen molar-refractivity contribution in [3.8, 4) is 5.69 Å². The molecule has 2 heteroatoms. The molecule has 1 nitrogen and oxygen atoms in total. The van der Waals surface area contributed by atoms with Crippen LogP contribution in [0, 0.1) is 0 Å². The van der Waals surface area contributed by atoms with Crippen molar-refractivity contribution in [1.82, 2.24) is 4.57 Å².